The predicted octanol–water partition coefficient (Wildman–Crippen LogP) is 4.43. The maximum atomic E-state index is 14.5. The fourth-order valence-corrected chi connectivity index (χ4v) is 8.92. The molecule has 3 heterocycles. The third kappa shape index (κ3) is 7.13. The Bertz CT molecular complexity index is 1920. The monoisotopic (exact) mass is 735 g/mol. The molecule has 0 spiro atoms. The Morgan fingerprint density at radius 2 is 1.85 bits per heavy atom. The predicted molar refractivity (Wildman–Crippen MR) is 191 cm³/mol. The number of benzene rings is 2. The molecule has 3 aliphatic heterocycles. The van der Waals surface area contributed by atoms with Crippen molar-refractivity contribution in [1.82, 2.24) is 19.8 Å². The van der Waals surface area contributed by atoms with Crippen LogP contribution < -0.4 is 15.4 Å². The van der Waals surface area contributed by atoms with Crippen molar-refractivity contribution < 1.29 is 36.7 Å². The van der Waals surface area contributed by atoms with Gasteiger partial charge in [0, 0.05) is 30.1 Å². The fraction of sp³-hybridized carbons (Fsp3) is 0.526. The number of nitrogens with one attached hydrogen (secondary N) is 3. The molecule has 0 unspecified atom stereocenters. The minimum atomic E-state index is -3.98. The number of sulfonamides is 1. The molecule has 0 radical (unpaired) electrons. The molecule has 14 heteroatoms. The zero-order valence-corrected chi connectivity index (χ0v) is 30.3. The van der Waals surface area contributed by atoms with Crippen molar-refractivity contribution in [2.75, 3.05) is 11.9 Å². The Balaban J connectivity index is 1.15. The summed E-state index contributed by atoms with van der Waals surface area (Å²) < 4.78 is 47.7. The van der Waals surface area contributed by atoms with Crippen LogP contribution in [0.15, 0.2) is 54.6 Å². The molecule has 7 rings (SSSR count). The van der Waals surface area contributed by atoms with Crippen LogP contribution in [0, 0.1) is 18.7 Å². The average molecular weight is 736 g/mol. The number of anilines is 1. The normalized spacial score (nSPS) is 28.4. The van der Waals surface area contributed by atoms with Gasteiger partial charge in [-0.25, -0.2) is 17.6 Å². The van der Waals surface area contributed by atoms with Gasteiger partial charge in [-0.05, 0) is 81.7 Å². The number of carbonyl (C=O) groups excluding carboxylic acids is 4. The molecule has 5 aliphatic rings. The number of allylic oxidation sites excluding steroid dienone is 1. The van der Waals surface area contributed by atoms with Gasteiger partial charge in [-0.3, -0.25) is 24.0 Å². The largest absolute Gasteiger partial charge is 0.444 e. The van der Waals surface area contributed by atoms with Crippen LogP contribution >= 0.6 is 0 Å². The molecule has 1 saturated heterocycles. The minimum absolute atomic E-state index is 0.0375. The minimum Gasteiger partial charge on any atom is -0.444 e. The molecule has 3 N–H and O–H groups in total. The van der Waals surface area contributed by atoms with Crippen molar-refractivity contribution in [3.05, 3.63) is 77.1 Å². The Hall–Kier alpha value is -4.46. The van der Waals surface area contributed by atoms with Gasteiger partial charge in [0.1, 0.15) is 29.5 Å². The number of halogens is 1. The second kappa shape index (κ2) is 13.8. The Labute approximate surface area is 303 Å². The topological polar surface area (TPSA) is 154 Å². The van der Waals surface area contributed by atoms with Crippen LogP contribution in [0.1, 0.15) is 81.4 Å². The molecule has 52 heavy (non-hydrogen) atoms. The number of hydrogen-bond donors (Lipinski definition) is 3. The summed E-state index contributed by atoms with van der Waals surface area (Å²) in [5.74, 6) is -2.62. The van der Waals surface area contributed by atoms with Gasteiger partial charge in [0.2, 0.25) is 21.8 Å². The molecule has 4 amide bonds. The van der Waals surface area contributed by atoms with E-state index in [2.05, 4.69) is 15.4 Å². The first-order chi connectivity index (χ1) is 24.8. The van der Waals surface area contributed by atoms with E-state index in [9.17, 15) is 32.0 Å². The van der Waals surface area contributed by atoms with Gasteiger partial charge < -0.3 is 20.3 Å². The van der Waals surface area contributed by atoms with E-state index in [0.717, 1.165) is 36.9 Å². The maximum absolute atomic E-state index is 14.5. The molecule has 5 atom stereocenters. The lowest BCUT2D eigenvalue weighted by Crippen LogP contribution is -2.58. The quantitative estimate of drug-likeness (QED) is 0.369. The summed E-state index contributed by atoms with van der Waals surface area (Å²) in [5, 5.41) is 6.24. The summed E-state index contributed by atoms with van der Waals surface area (Å²) in [5.41, 5.74) is 1.36. The van der Waals surface area contributed by atoms with E-state index in [1.54, 1.807) is 19.1 Å². The molecule has 2 aromatic carbocycles. The second-order valence-electron chi connectivity index (χ2n) is 15.3. The van der Waals surface area contributed by atoms with Crippen LogP contribution in [0.5, 0.6) is 0 Å². The molecule has 0 aromatic heterocycles. The summed E-state index contributed by atoms with van der Waals surface area (Å²) in [7, 11) is -3.98. The van der Waals surface area contributed by atoms with E-state index in [4.69, 9.17) is 4.74 Å². The number of carbonyl (C=O) groups is 4. The number of hydrogen-bond acceptors (Lipinski definition) is 8. The van der Waals surface area contributed by atoms with E-state index in [0.29, 0.717) is 30.4 Å². The molecule has 278 valence electrons. The van der Waals surface area contributed by atoms with Crippen LogP contribution in [0.3, 0.4) is 0 Å². The number of amides is 4. The van der Waals surface area contributed by atoms with Crippen molar-refractivity contribution >= 4 is 39.5 Å². The van der Waals surface area contributed by atoms with Crippen LogP contribution in [-0.4, -0.2) is 77.1 Å². The number of aryl methyl sites for hydroxylation is 1. The molecule has 2 aromatic rings. The van der Waals surface area contributed by atoms with E-state index in [1.165, 1.54) is 15.9 Å². The van der Waals surface area contributed by atoms with E-state index < -0.39 is 68.1 Å². The molecular weight excluding hydrogens is 690 g/mol. The fourth-order valence-electron chi connectivity index (χ4n) is 7.61. The van der Waals surface area contributed by atoms with E-state index >= 15 is 0 Å². The van der Waals surface area contributed by atoms with Crippen molar-refractivity contribution in [3.8, 4) is 0 Å². The molecule has 12 nitrogen and oxygen atoms in total. The standard InChI is InChI=1S/C38H46FN5O7S/c1-24-10-8-13-27(18-24)40-31-15-7-5-3-4-6-12-26-20-38(26,35(47)42-52(49,50)37(2)16-17-37)41-33(45)32-19-28(22-44(32)34(31)46)51-36(48)43-21-25-11-9-14-30(39)29(25)23-43/h6,8-14,18,26,28,31-32,40H,3-5,7,15-17,19-23H2,1-2H3,(H,41,45)(H,42,47)/t26-,28-,31+,32+,38-/m1/s1. The molecule has 2 aliphatic carbocycles. The number of nitrogens with zero attached hydrogens (tertiary/aromatic N) is 2. The summed E-state index contributed by atoms with van der Waals surface area (Å²) in [6.45, 7) is 3.68. The zero-order chi connectivity index (χ0) is 36.8. The molecule has 3 fully saturated rings. The number of ether oxygens (including phenoxy) is 1. The van der Waals surface area contributed by atoms with Crippen molar-refractivity contribution in [2.24, 2.45) is 5.92 Å². The van der Waals surface area contributed by atoms with Gasteiger partial charge in [0.25, 0.3) is 5.91 Å². The van der Waals surface area contributed by atoms with Crippen LogP contribution in [0.4, 0.5) is 14.9 Å². The SMILES string of the molecule is Cc1cccc(N[C@H]2CCCCCC=C[C@@H]3C[C@@]3(C(=O)NS(=O)(=O)C3(C)CC3)NC(=O)[C@@H]3C[C@@H](OC(=O)N4Cc5cccc(F)c5C4)CN3C2=O)c1. The van der Waals surface area contributed by atoms with Gasteiger partial charge in [0.05, 0.1) is 17.8 Å². The van der Waals surface area contributed by atoms with Gasteiger partial charge in [-0.15, -0.1) is 0 Å². The second-order valence-corrected chi connectivity index (χ2v) is 17.5. The number of rotatable bonds is 6. The van der Waals surface area contributed by atoms with E-state index in [1.807, 2.05) is 43.3 Å². The van der Waals surface area contributed by atoms with E-state index in [-0.39, 0.29) is 38.4 Å². The lowest BCUT2D eigenvalue weighted by Gasteiger charge is -2.30. The smallest absolute Gasteiger partial charge is 0.410 e. The van der Waals surface area contributed by atoms with Crippen molar-refractivity contribution in [3.63, 3.8) is 0 Å². The van der Waals surface area contributed by atoms with Gasteiger partial charge >= 0.3 is 6.09 Å². The highest BCUT2D eigenvalue weighted by molar-refractivity contribution is 7.91. The maximum Gasteiger partial charge on any atom is 0.410 e. The highest BCUT2D eigenvalue weighted by Crippen LogP contribution is 2.47. The van der Waals surface area contributed by atoms with Crippen LogP contribution in [-0.2, 0) is 42.2 Å². The average Bonchev–Trinajstić information content (AvgIpc) is 3.89. The highest BCUT2D eigenvalue weighted by Gasteiger charge is 2.63. The Morgan fingerprint density at radius 1 is 1.06 bits per heavy atom. The third-order valence-electron chi connectivity index (χ3n) is 11.3. The first kappa shape index (κ1) is 35.9. The molecular formula is C38H46FN5O7S. The lowest BCUT2D eigenvalue weighted by atomic mass is 10.0. The molecule has 2 saturated carbocycles. The summed E-state index contributed by atoms with van der Waals surface area (Å²) in [6.07, 6.45) is 6.99. The summed E-state index contributed by atoms with van der Waals surface area (Å²) in [6, 6.07) is 10.5. The lowest BCUT2D eigenvalue weighted by molar-refractivity contribution is -0.140. The van der Waals surface area contributed by atoms with Gasteiger partial charge in [0.15, 0.2) is 0 Å². The van der Waals surface area contributed by atoms with Crippen molar-refractivity contribution in [2.45, 2.75) is 113 Å². The summed E-state index contributed by atoms with van der Waals surface area (Å²) >= 11 is 0. The van der Waals surface area contributed by atoms with Crippen LogP contribution in [0.2, 0.25) is 0 Å². The Morgan fingerprint density at radius 3 is 2.60 bits per heavy atom. The van der Waals surface area contributed by atoms with Crippen LogP contribution in [0.25, 0.3) is 0 Å². The Kier molecular flexibility index (Phi) is 9.55. The zero-order valence-electron chi connectivity index (χ0n) is 29.5. The third-order valence-corrected chi connectivity index (χ3v) is 13.4. The first-order valence-corrected chi connectivity index (χ1v) is 19.7. The molecule has 0 bridgehead atoms. The van der Waals surface area contributed by atoms with Gasteiger partial charge in [-0.2, -0.15) is 0 Å². The van der Waals surface area contributed by atoms with Crippen molar-refractivity contribution in [1.29, 1.82) is 0 Å². The summed E-state index contributed by atoms with van der Waals surface area (Å²) in [4.78, 5) is 58.8. The highest BCUT2D eigenvalue weighted by atomic mass is 32.2. The van der Waals surface area contributed by atoms with Gasteiger partial charge in [-0.1, -0.05) is 49.3 Å². The number of fused-ring (bicyclic) bond motifs is 3. The first-order valence-electron chi connectivity index (χ1n) is 18.2.